The monoisotopic (exact) mass is 634 g/mol. The number of thiol groups is 1. The molecule has 2 aromatic carbocycles. The average Bonchev–Trinajstić information content (AvgIpc) is 3.43. The van der Waals surface area contributed by atoms with Crippen molar-refractivity contribution in [1.29, 1.82) is 0 Å². The molecular formula is C28H32F6N4O4S. The predicted octanol–water partition coefficient (Wildman–Crippen LogP) is 3.22. The molecule has 0 saturated carbocycles. The van der Waals surface area contributed by atoms with Crippen LogP contribution in [0.15, 0.2) is 42.6 Å². The van der Waals surface area contributed by atoms with Crippen LogP contribution in [0.25, 0.3) is 11.3 Å². The van der Waals surface area contributed by atoms with Gasteiger partial charge in [-0.2, -0.15) is 13.2 Å². The predicted molar refractivity (Wildman–Crippen MR) is 147 cm³/mol. The summed E-state index contributed by atoms with van der Waals surface area (Å²) in [5, 5.41) is 50.8. The van der Waals surface area contributed by atoms with Gasteiger partial charge in [-0.15, -0.1) is 5.10 Å². The maximum absolute atomic E-state index is 14.2. The number of aromatic nitrogens is 3. The molecule has 2 fully saturated rings. The Morgan fingerprint density at radius 2 is 1.70 bits per heavy atom. The van der Waals surface area contributed by atoms with Gasteiger partial charge in [0.1, 0.15) is 11.7 Å². The highest BCUT2D eigenvalue weighted by molar-refractivity contribution is 8.18. The molecule has 0 amide bonds. The summed E-state index contributed by atoms with van der Waals surface area (Å²) in [4.78, 5) is 1.94. The summed E-state index contributed by atoms with van der Waals surface area (Å²) < 4.78 is 84.8. The van der Waals surface area contributed by atoms with Crippen molar-refractivity contribution >= 4 is 10.9 Å². The Bertz CT molecular complexity index is 1430. The van der Waals surface area contributed by atoms with Crippen LogP contribution in [0.3, 0.4) is 0 Å². The number of alkyl halides is 3. The van der Waals surface area contributed by atoms with Crippen molar-refractivity contribution < 1.29 is 46.8 Å². The van der Waals surface area contributed by atoms with Crippen LogP contribution in [0.5, 0.6) is 0 Å². The number of likely N-dealkylation sites (tertiary alicyclic amines) is 1. The highest BCUT2D eigenvalue weighted by Crippen LogP contribution is 2.60. The number of hydrogen-bond donors (Lipinski definition) is 5. The minimum Gasteiger partial charge on any atom is -0.395 e. The number of piperidine rings is 1. The summed E-state index contributed by atoms with van der Waals surface area (Å²) in [7, 11) is -0.0567. The highest BCUT2D eigenvalue weighted by Gasteiger charge is 2.53. The lowest BCUT2D eigenvalue weighted by Gasteiger charge is -2.53. The van der Waals surface area contributed by atoms with E-state index in [0.717, 1.165) is 10.7 Å². The second kappa shape index (κ2) is 12.0. The van der Waals surface area contributed by atoms with Crippen LogP contribution in [0.4, 0.5) is 26.3 Å². The molecule has 15 heteroatoms. The molecule has 1 unspecified atom stereocenters. The Morgan fingerprint density at radius 3 is 2.30 bits per heavy atom. The van der Waals surface area contributed by atoms with Gasteiger partial charge in [0, 0.05) is 34.9 Å². The van der Waals surface area contributed by atoms with Crippen molar-refractivity contribution in [3.05, 3.63) is 71.2 Å². The summed E-state index contributed by atoms with van der Waals surface area (Å²) in [5.74, 6) is -4.73. The molecule has 2 aliphatic heterocycles. The molecule has 0 bridgehead atoms. The van der Waals surface area contributed by atoms with Crippen LogP contribution in [0, 0.1) is 17.5 Å². The molecule has 1 aromatic heterocycles. The van der Waals surface area contributed by atoms with E-state index < -0.39 is 81.0 Å². The summed E-state index contributed by atoms with van der Waals surface area (Å²) >= 11 is 0. The van der Waals surface area contributed by atoms with Gasteiger partial charge in [0.2, 0.25) is 0 Å². The first-order valence-corrected chi connectivity index (χ1v) is 15.3. The average molecular weight is 635 g/mol. The molecule has 2 saturated heterocycles. The number of benzene rings is 2. The van der Waals surface area contributed by atoms with E-state index >= 15 is 0 Å². The van der Waals surface area contributed by atoms with E-state index in [1.807, 2.05) is 11.9 Å². The third kappa shape index (κ3) is 6.02. The second-order valence-electron chi connectivity index (χ2n) is 11.2. The molecule has 3 heterocycles. The minimum absolute atomic E-state index is 0.0943. The van der Waals surface area contributed by atoms with E-state index in [0.29, 0.717) is 25.2 Å². The number of nitrogens with zero attached hydrogens (tertiary/aromatic N) is 4. The van der Waals surface area contributed by atoms with Gasteiger partial charge in [0.05, 0.1) is 36.2 Å². The molecule has 6 atom stereocenters. The quantitative estimate of drug-likeness (QED) is 0.161. The first kappa shape index (κ1) is 31.7. The summed E-state index contributed by atoms with van der Waals surface area (Å²) in [6, 6.07) is 5.11. The summed E-state index contributed by atoms with van der Waals surface area (Å²) in [6.45, 7) is 0.162. The number of aliphatic hydroxyl groups excluding tert-OH is 3. The zero-order chi connectivity index (χ0) is 31.3. The zero-order valence-electron chi connectivity index (χ0n) is 23.0. The summed E-state index contributed by atoms with van der Waals surface area (Å²) in [5.41, 5.74) is -2.96. The van der Waals surface area contributed by atoms with E-state index in [4.69, 9.17) is 0 Å². The zero-order valence-corrected chi connectivity index (χ0v) is 23.9. The van der Waals surface area contributed by atoms with Crippen LogP contribution in [0.2, 0.25) is 0 Å². The summed E-state index contributed by atoms with van der Waals surface area (Å²) in [6.07, 6.45) is -6.23. The van der Waals surface area contributed by atoms with Gasteiger partial charge >= 0.3 is 6.18 Å². The molecule has 2 aliphatic rings. The van der Waals surface area contributed by atoms with Crippen molar-refractivity contribution in [1.82, 2.24) is 19.9 Å². The Hall–Kier alpha value is -2.69. The van der Waals surface area contributed by atoms with Gasteiger partial charge in [-0.05, 0) is 43.7 Å². The Kier molecular flexibility index (Phi) is 8.86. The van der Waals surface area contributed by atoms with Gasteiger partial charge in [-0.1, -0.05) is 23.4 Å². The lowest BCUT2D eigenvalue weighted by Crippen LogP contribution is -2.54. The van der Waals surface area contributed by atoms with Crippen molar-refractivity contribution in [3.8, 4) is 11.3 Å². The number of aliphatic hydroxyl groups is 4. The number of halogens is 6. The maximum atomic E-state index is 14.2. The van der Waals surface area contributed by atoms with Crippen molar-refractivity contribution in [3.63, 3.8) is 0 Å². The second-order valence-corrected chi connectivity index (χ2v) is 13.8. The molecule has 0 spiro atoms. The van der Waals surface area contributed by atoms with Crippen molar-refractivity contribution in [2.75, 3.05) is 32.5 Å². The fourth-order valence-electron chi connectivity index (χ4n) is 6.26. The molecule has 43 heavy (non-hydrogen) atoms. The SMILES string of the molecule is CN1CCC(O)([C@H](c2ccccc2C(F)(F)F)[SH]2C[C@H](O)[C@H](n3cc(-c4cc(F)c(F)c(F)c4)nn3)[C@@H](O)[C@H]2CO)CC1. The minimum atomic E-state index is -4.74. The van der Waals surface area contributed by atoms with Gasteiger partial charge in [0.25, 0.3) is 0 Å². The van der Waals surface area contributed by atoms with E-state index in [1.54, 1.807) is 0 Å². The van der Waals surface area contributed by atoms with Crippen LogP contribution in [-0.4, -0.2) is 95.9 Å². The fourth-order valence-corrected chi connectivity index (χ4v) is 10.0. The topological polar surface area (TPSA) is 115 Å². The largest absolute Gasteiger partial charge is 0.416 e. The van der Waals surface area contributed by atoms with Crippen LogP contribution < -0.4 is 0 Å². The van der Waals surface area contributed by atoms with Crippen molar-refractivity contribution in [2.45, 2.75) is 53.4 Å². The molecule has 0 aliphatic carbocycles. The molecule has 4 N–H and O–H groups in total. The molecule has 5 rings (SSSR count). The highest BCUT2D eigenvalue weighted by atomic mass is 32.2. The van der Waals surface area contributed by atoms with Gasteiger partial charge in [-0.25, -0.2) is 28.7 Å². The molecule has 8 nitrogen and oxygen atoms in total. The van der Waals surface area contributed by atoms with E-state index in [-0.39, 0.29) is 35.4 Å². The molecular weight excluding hydrogens is 602 g/mol. The first-order valence-electron chi connectivity index (χ1n) is 13.6. The van der Waals surface area contributed by atoms with Crippen LogP contribution in [-0.2, 0) is 6.18 Å². The third-order valence-electron chi connectivity index (χ3n) is 8.50. The molecule has 0 radical (unpaired) electrons. The lowest BCUT2D eigenvalue weighted by molar-refractivity contribution is -0.138. The number of hydrogen-bond acceptors (Lipinski definition) is 7. The first-order chi connectivity index (χ1) is 20.2. The van der Waals surface area contributed by atoms with E-state index in [9.17, 15) is 46.8 Å². The Balaban J connectivity index is 1.53. The van der Waals surface area contributed by atoms with Crippen LogP contribution in [0.1, 0.15) is 35.3 Å². The van der Waals surface area contributed by atoms with Crippen LogP contribution >= 0.6 is 10.9 Å². The normalized spacial score (nSPS) is 28.1. The standard InChI is InChI=1S/C28H32F6N4O4S/c1-37-8-6-27(42,7-9-37)26(16-4-2-3-5-17(16)28(32,33)34)43-14-21(40)24(25(41)22(43)13-39)38-12-20(35-36-38)15-10-18(29)23(31)19(30)11-15/h2-5,10-12,21-22,24-26,39-43H,6-9,13-14H2,1H3/t21-,22+,24-,25-,26-/m0/s1. The molecule has 236 valence electrons. The third-order valence-corrected chi connectivity index (χ3v) is 12.0. The lowest BCUT2D eigenvalue weighted by atomic mass is 9.83. The van der Waals surface area contributed by atoms with Gasteiger partial charge in [-0.3, -0.25) is 0 Å². The number of rotatable bonds is 6. The molecule has 3 aromatic rings. The smallest absolute Gasteiger partial charge is 0.395 e. The Labute approximate surface area is 245 Å². The van der Waals surface area contributed by atoms with Gasteiger partial charge < -0.3 is 25.3 Å². The Morgan fingerprint density at radius 1 is 1.07 bits per heavy atom. The van der Waals surface area contributed by atoms with E-state index in [1.165, 1.54) is 24.4 Å². The maximum Gasteiger partial charge on any atom is 0.416 e. The fraction of sp³-hybridized carbons (Fsp3) is 0.500. The van der Waals surface area contributed by atoms with Crippen molar-refractivity contribution in [2.24, 2.45) is 0 Å². The van der Waals surface area contributed by atoms with E-state index in [2.05, 4.69) is 10.3 Å². The van der Waals surface area contributed by atoms with Gasteiger partial charge in [0.15, 0.2) is 17.5 Å².